The summed E-state index contributed by atoms with van der Waals surface area (Å²) in [6, 6.07) is 11.7. The summed E-state index contributed by atoms with van der Waals surface area (Å²) in [6.45, 7) is 4.16. The van der Waals surface area contributed by atoms with Crippen molar-refractivity contribution in [1.82, 2.24) is 0 Å². The van der Waals surface area contributed by atoms with E-state index in [1.54, 1.807) is 18.2 Å². The Balaban J connectivity index is 1.56. The molecule has 2 aromatic rings. The maximum atomic E-state index is 15.0. The van der Waals surface area contributed by atoms with Crippen LogP contribution >= 0.6 is 0 Å². The fourth-order valence-corrected chi connectivity index (χ4v) is 5.28. The normalized spacial score (nSPS) is 19.1. The molecule has 2 aromatic carbocycles. The fourth-order valence-electron chi connectivity index (χ4n) is 5.28. The van der Waals surface area contributed by atoms with Gasteiger partial charge in [0.15, 0.2) is 0 Å². The Morgan fingerprint density at radius 1 is 0.788 bits per heavy atom. The molecule has 1 aliphatic rings. The SMILES string of the molecule is CCCCCCC[C@H]1CC[C@H](c2ccc(-c3ccc(C(F)(F)CCCC)cc3)c(F)c2)CC1. The van der Waals surface area contributed by atoms with E-state index < -0.39 is 5.92 Å². The average molecular weight is 459 g/mol. The standard InChI is InChI=1S/C30H41F3/c1-3-5-7-8-9-10-23-11-13-24(14-12-23)26-17-20-28(29(31)22-26)25-15-18-27(19-16-25)30(32,33)21-6-4-2/h15-20,22-24H,3-14,21H2,1-2H3/t23-,24-. The summed E-state index contributed by atoms with van der Waals surface area (Å²) in [5.41, 5.74) is 2.24. The lowest BCUT2D eigenvalue weighted by Gasteiger charge is -2.29. The molecule has 0 spiro atoms. The highest BCUT2D eigenvalue weighted by molar-refractivity contribution is 5.65. The molecule has 0 N–H and O–H groups in total. The third-order valence-corrected chi connectivity index (χ3v) is 7.49. The summed E-state index contributed by atoms with van der Waals surface area (Å²) < 4.78 is 43.6. The van der Waals surface area contributed by atoms with Gasteiger partial charge in [-0.3, -0.25) is 0 Å². The topological polar surface area (TPSA) is 0 Å². The molecule has 0 amide bonds. The predicted molar refractivity (Wildman–Crippen MR) is 133 cm³/mol. The van der Waals surface area contributed by atoms with Crippen LogP contribution in [0.5, 0.6) is 0 Å². The van der Waals surface area contributed by atoms with Gasteiger partial charge in [-0.05, 0) is 61.1 Å². The minimum atomic E-state index is -2.83. The zero-order chi connectivity index (χ0) is 23.7. The second-order valence-corrected chi connectivity index (χ2v) is 10.0. The van der Waals surface area contributed by atoms with Crippen molar-refractivity contribution < 1.29 is 13.2 Å². The molecule has 182 valence electrons. The molecule has 0 bridgehead atoms. The van der Waals surface area contributed by atoms with Gasteiger partial charge in [-0.15, -0.1) is 0 Å². The smallest absolute Gasteiger partial charge is 0.206 e. The minimum absolute atomic E-state index is 0.0128. The molecule has 0 unspecified atom stereocenters. The van der Waals surface area contributed by atoms with E-state index in [1.807, 2.05) is 19.1 Å². The van der Waals surface area contributed by atoms with E-state index in [0.717, 1.165) is 30.7 Å². The van der Waals surface area contributed by atoms with E-state index >= 15 is 0 Å². The highest BCUT2D eigenvalue weighted by Gasteiger charge is 2.30. The molecule has 3 rings (SSSR count). The van der Waals surface area contributed by atoms with Crippen LogP contribution in [0.4, 0.5) is 13.2 Å². The lowest BCUT2D eigenvalue weighted by atomic mass is 9.77. The van der Waals surface area contributed by atoms with E-state index in [4.69, 9.17) is 0 Å². The highest BCUT2D eigenvalue weighted by Crippen LogP contribution is 2.39. The Bertz CT molecular complexity index is 832. The van der Waals surface area contributed by atoms with E-state index in [2.05, 4.69) is 6.92 Å². The Labute approximate surface area is 199 Å². The van der Waals surface area contributed by atoms with Crippen molar-refractivity contribution in [3.8, 4) is 11.1 Å². The number of halogens is 3. The van der Waals surface area contributed by atoms with Crippen LogP contribution in [0.1, 0.15) is 114 Å². The molecule has 0 atom stereocenters. The molecule has 0 heterocycles. The van der Waals surface area contributed by atoms with Gasteiger partial charge in [-0.2, -0.15) is 0 Å². The minimum Gasteiger partial charge on any atom is -0.206 e. The molecule has 0 aliphatic heterocycles. The summed E-state index contributed by atoms with van der Waals surface area (Å²) in [4.78, 5) is 0. The number of benzene rings is 2. The van der Waals surface area contributed by atoms with Gasteiger partial charge in [0.25, 0.3) is 5.92 Å². The molecule has 1 aliphatic carbocycles. The largest absolute Gasteiger partial charge is 0.273 e. The van der Waals surface area contributed by atoms with E-state index in [-0.39, 0.29) is 17.8 Å². The van der Waals surface area contributed by atoms with Gasteiger partial charge in [-0.25, -0.2) is 13.2 Å². The number of hydrogen-bond donors (Lipinski definition) is 0. The van der Waals surface area contributed by atoms with Crippen molar-refractivity contribution in [3.05, 3.63) is 59.4 Å². The Hall–Kier alpha value is -1.77. The van der Waals surface area contributed by atoms with Crippen molar-refractivity contribution in [2.45, 2.75) is 109 Å². The maximum absolute atomic E-state index is 15.0. The molecular weight excluding hydrogens is 417 g/mol. The van der Waals surface area contributed by atoms with E-state index in [0.29, 0.717) is 23.5 Å². The molecule has 0 nitrogen and oxygen atoms in total. The quantitative estimate of drug-likeness (QED) is 0.277. The summed E-state index contributed by atoms with van der Waals surface area (Å²) in [5.74, 6) is -1.81. The molecule has 0 radical (unpaired) electrons. The van der Waals surface area contributed by atoms with Gasteiger partial charge in [0.05, 0.1) is 0 Å². The number of unbranched alkanes of at least 4 members (excludes halogenated alkanes) is 5. The first-order valence-corrected chi connectivity index (χ1v) is 13.2. The lowest BCUT2D eigenvalue weighted by molar-refractivity contribution is -0.0154. The fraction of sp³-hybridized carbons (Fsp3) is 0.600. The van der Waals surface area contributed by atoms with Crippen molar-refractivity contribution >= 4 is 0 Å². The van der Waals surface area contributed by atoms with E-state index in [1.165, 1.54) is 63.5 Å². The highest BCUT2D eigenvalue weighted by atomic mass is 19.3. The van der Waals surface area contributed by atoms with Crippen LogP contribution in [0.15, 0.2) is 42.5 Å². The second-order valence-electron chi connectivity index (χ2n) is 10.0. The Kier molecular flexibility index (Phi) is 9.89. The van der Waals surface area contributed by atoms with Gasteiger partial charge >= 0.3 is 0 Å². The maximum Gasteiger partial charge on any atom is 0.273 e. The van der Waals surface area contributed by atoms with Crippen LogP contribution < -0.4 is 0 Å². The number of alkyl halides is 2. The van der Waals surface area contributed by atoms with Crippen LogP contribution in [-0.4, -0.2) is 0 Å². The van der Waals surface area contributed by atoms with Crippen molar-refractivity contribution in [2.24, 2.45) is 5.92 Å². The second kappa shape index (κ2) is 12.6. The van der Waals surface area contributed by atoms with Crippen LogP contribution in [-0.2, 0) is 5.92 Å². The third kappa shape index (κ3) is 7.36. The molecule has 1 saturated carbocycles. The van der Waals surface area contributed by atoms with Crippen molar-refractivity contribution in [1.29, 1.82) is 0 Å². The van der Waals surface area contributed by atoms with Crippen molar-refractivity contribution in [3.63, 3.8) is 0 Å². The number of rotatable bonds is 12. The van der Waals surface area contributed by atoms with Crippen molar-refractivity contribution in [2.75, 3.05) is 0 Å². The monoisotopic (exact) mass is 458 g/mol. The Morgan fingerprint density at radius 3 is 2.09 bits per heavy atom. The summed E-state index contributed by atoms with van der Waals surface area (Å²) in [5, 5.41) is 0. The first-order valence-electron chi connectivity index (χ1n) is 13.2. The van der Waals surface area contributed by atoms with Crippen LogP contribution in [0.2, 0.25) is 0 Å². The summed E-state index contributed by atoms with van der Waals surface area (Å²) in [6.07, 6.45) is 13.9. The third-order valence-electron chi connectivity index (χ3n) is 7.49. The zero-order valence-electron chi connectivity index (χ0n) is 20.5. The molecular formula is C30H41F3. The van der Waals surface area contributed by atoms with Gasteiger partial charge in [-0.1, -0.05) is 95.2 Å². The van der Waals surface area contributed by atoms with Gasteiger partial charge in [0.1, 0.15) is 5.82 Å². The lowest BCUT2D eigenvalue weighted by Crippen LogP contribution is -2.13. The summed E-state index contributed by atoms with van der Waals surface area (Å²) >= 11 is 0. The zero-order valence-corrected chi connectivity index (χ0v) is 20.5. The summed E-state index contributed by atoms with van der Waals surface area (Å²) in [7, 11) is 0. The molecule has 1 fully saturated rings. The Morgan fingerprint density at radius 2 is 1.45 bits per heavy atom. The first kappa shape index (κ1) is 25.8. The van der Waals surface area contributed by atoms with Gasteiger partial charge < -0.3 is 0 Å². The predicted octanol–water partition coefficient (Wildman–Crippen LogP) is 10.4. The molecule has 3 heteroatoms. The molecule has 33 heavy (non-hydrogen) atoms. The number of hydrogen-bond acceptors (Lipinski definition) is 0. The molecule has 0 aromatic heterocycles. The molecule has 0 saturated heterocycles. The van der Waals surface area contributed by atoms with Crippen LogP contribution in [0.3, 0.4) is 0 Å². The van der Waals surface area contributed by atoms with E-state index in [9.17, 15) is 13.2 Å². The first-order chi connectivity index (χ1) is 15.9. The van der Waals surface area contributed by atoms with Gasteiger partial charge in [0, 0.05) is 17.5 Å². The van der Waals surface area contributed by atoms with Gasteiger partial charge in [0.2, 0.25) is 0 Å². The van der Waals surface area contributed by atoms with Crippen LogP contribution in [0.25, 0.3) is 11.1 Å². The average Bonchev–Trinajstić information content (AvgIpc) is 2.83. The van der Waals surface area contributed by atoms with Crippen LogP contribution in [0, 0.1) is 11.7 Å².